The van der Waals surface area contributed by atoms with Gasteiger partial charge in [-0.15, -0.1) is 0 Å². The van der Waals surface area contributed by atoms with Gasteiger partial charge in [-0.3, -0.25) is 9.59 Å². The molecule has 1 heterocycles. The molecule has 0 aromatic heterocycles. The predicted molar refractivity (Wildman–Crippen MR) is 87.0 cm³/mol. The van der Waals surface area contributed by atoms with E-state index in [4.69, 9.17) is 4.74 Å². The van der Waals surface area contributed by atoms with Crippen LogP contribution in [0.1, 0.15) is 24.0 Å². The van der Waals surface area contributed by atoms with Crippen molar-refractivity contribution in [3.8, 4) is 0 Å². The highest BCUT2D eigenvalue weighted by Crippen LogP contribution is 2.47. The molecule has 0 bridgehead atoms. The Hall–Kier alpha value is -2.68. The fraction of sp³-hybridized carbons (Fsp3) is 0.200. The van der Waals surface area contributed by atoms with E-state index in [1.54, 1.807) is 0 Å². The van der Waals surface area contributed by atoms with Gasteiger partial charge in [-0.2, -0.15) is 0 Å². The van der Waals surface area contributed by atoms with Crippen molar-refractivity contribution < 1.29 is 14.3 Å². The average molecular weight is 304 g/mol. The molecule has 23 heavy (non-hydrogen) atoms. The first-order chi connectivity index (χ1) is 11.3. The van der Waals surface area contributed by atoms with E-state index < -0.39 is 11.9 Å². The van der Waals surface area contributed by atoms with Gasteiger partial charge in [0.15, 0.2) is 0 Å². The van der Waals surface area contributed by atoms with Crippen molar-refractivity contribution in [1.29, 1.82) is 0 Å². The van der Waals surface area contributed by atoms with Crippen molar-refractivity contribution in [2.24, 2.45) is 11.8 Å². The molecule has 1 saturated heterocycles. The van der Waals surface area contributed by atoms with Crippen molar-refractivity contribution in [3.05, 3.63) is 71.8 Å². The third kappa shape index (κ3) is 2.29. The van der Waals surface area contributed by atoms with E-state index in [0.717, 1.165) is 28.7 Å². The average Bonchev–Trinajstić information content (AvgIpc) is 2.90. The first-order valence-electron chi connectivity index (χ1n) is 7.85. The molecule has 4 rings (SSSR count). The van der Waals surface area contributed by atoms with Gasteiger partial charge in [0, 0.05) is 0 Å². The van der Waals surface area contributed by atoms with Crippen molar-refractivity contribution in [1.82, 2.24) is 0 Å². The van der Waals surface area contributed by atoms with Gasteiger partial charge >= 0.3 is 11.9 Å². The summed E-state index contributed by atoms with van der Waals surface area (Å²) in [6, 6.07) is 19.9. The maximum Gasteiger partial charge on any atom is 0.321 e. The maximum atomic E-state index is 12.3. The molecular formula is C20H16O3. The summed E-state index contributed by atoms with van der Waals surface area (Å²) >= 11 is 0. The summed E-state index contributed by atoms with van der Waals surface area (Å²) in [5, 5.41) is 0. The van der Waals surface area contributed by atoms with E-state index in [2.05, 4.69) is 12.1 Å². The lowest BCUT2D eigenvalue weighted by Gasteiger charge is -2.27. The number of fused-ring (bicyclic) bond motifs is 1. The zero-order chi connectivity index (χ0) is 15.8. The lowest BCUT2D eigenvalue weighted by atomic mass is 9.72. The van der Waals surface area contributed by atoms with E-state index in [-0.39, 0.29) is 11.9 Å². The topological polar surface area (TPSA) is 43.4 Å². The van der Waals surface area contributed by atoms with Crippen LogP contribution in [0.5, 0.6) is 0 Å². The number of cyclic esters (lactones) is 2. The molecule has 0 spiro atoms. The molecule has 1 aliphatic carbocycles. The Labute approximate surface area is 134 Å². The molecule has 2 aromatic rings. The van der Waals surface area contributed by atoms with Crippen LogP contribution in [-0.4, -0.2) is 11.9 Å². The number of ether oxygens (including phenoxy) is 1. The van der Waals surface area contributed by atoms with E-state index in [1.807, 2.05) is 48.5 Å². The Kier molecular flexibility index (Phi) is 3.34. The Balaban J connectivity index is 1.94. The highest BCUT2D eigenvalue weighted by atomic mass is 16.6. The lowest BCUT2D eigenvalue weighted by Crippen LogP contribution is -2.24. The minimum Gasteiger partial charge on any atom is -0.392 e. The molecule has 0 radical (unpaired) electrons. The number of carbonyl (C=O) groups is 2. The fourth-order valence-corrected chi connectivity index (χ4v) is 3.68. The molecule has 2 unspecified atom stereocenters. The highest BCUT2D eigenvalue weighted by Gasteiger charge is 2.49. The molecule has 1 fully saturated rings. The minimum atomic E-state index is -0.478. The van der Waals surface area contributed by atoms with Gasteiger partial charge in [0.2, 0.25) is 0 Å². The number of rotatable bonds is 2. The second-order valence-electron chi connectivity index (χ2n) is 5.99. The van der Waals surface area contributed by atoms with Gasteiger partial charge in [-0.05, 0) is 35.1 Å². The molecule has 0 saturated carbocycles. The van der Waals surface area contributed by atoms with Crippen molar-refractivity contribution in [2.75, 3.05) is 0 Å². The predicted octanol–water partition coefficient (Wildman–Crippen LogP) is 3.71. The van der Waals surface area contributed by atoms with Gasteiger partial charge in [0.05, 0.1) is 11.8 Å². The summed E-state index contributed by atoms with van der Waals surface area (Å²) in [6.07, 6.45) is 1.44. The maximum absolute atomic E-state index is 12.3. The molecule has 1 aliphatic heterocycles. The molecule has 2 atom stereocenters. The molecule has 0 N–H and O–H groups in total. The standard InChI is InChI=1S/C20H16O3/c21-19-16-12-11-15(13-7-3-1-4-8-13)17(18(16)20(22)23-19)14-9-5-2-6-10-14/h1-10,16,18H,11-12H2. The van der Waals surface area contributed by atoms with Crippen LogP contribution in [0.15, 0.2) is 60.7 Å². The van der Waals surface area contributed by atoms with Crippen molar-refractivity contribution >= 4 is 23.1 Å². The number of carbonyl (C=O) groups excluding carboxylic acids is 2. The van der Waals surface area contributed by atoms with Crippen molar-refractivity contribution in [2.45, 2.75) is 12.8 Å². The van der Waals surface area contributed by atoms with Gasteiger partial charge in [-0.25, -0.2) is 0 Å². The molecule has 0 amide bonds. The first-order valence-corrected chi connectivity index (χ1v) is 7.85. The van der Waals surface area contributed by atoms with Crippen LogP contribution in [0.25, 0.3) is 11.1 Å². The number of hydrogen-bond acceptors (Lipinski definition) is 3. The normalized spacial score (nSPS) is 23.7. The van der Waals surface area contributed by atoms with Gasteiger partial charge in [-0.1, -0.05) is 60.7 Å². The smallest absolute Gasteiger partial charge is 0.321 e. The van der Waals surface area contributed by atoms with E-state index in [1.165, 1.54) is 0 Å². The molecule has 2 aromatic carbocycles. The van der Waals surface area contributed by atoms with Crippen LogP contribution >= 0.6 is 0 Å². The third-order valence-electron chi connectivity index (χ3n) is 4.71. The van der Waals surface area contributed by atoms with E-state index in [0.29, 0.717) is 6.42 Å². The third-order valence-corrected chi connectivity index (χ3v) is 4.71. The summed E-state index contributed by atoms with van der Waals surface area (Å²) in [6.45, 7) is 0. The molecular weight excluding hydrogens is 288 g/mol. The number of hydrogen-bond donors (Lipinski definition) is 0. The summed E-state index contributed by atoms with van der Waals surface area (Å²) in [5.74, 6) is -1.61. The van der Waals surface area contributed by atoms with Gasteiger partial charge < -0.3 is 4.74 Å². The number of benzene rings is 2. The zero-order valence-corrected chi connectivity index (χ0v) is 12.6. The summed E-state index contributed by atoms with van der Waals surface area (Å²) in [4.78, 5) is 24.3. The second-order valence-corrected chi connectivity index (χ2v) is 5.99. The quantitative estimate of drug-likeness (QED) is 0.627. The summed E-state index contributed by atoms with van der Waals surface area (Å²) < 4.78 is 4.93. The minimum absolute atomic E-state index is 0.342. The van der Waals surface area contributed by atoms with Crippen LogP contribution in [0.3, 0.4) is 0 Å². The van der Waals surface area contributed by atoms with Crippen LogP contribution < -0.4 is 0 Å². The second kappa shape index (κ2) is 5.51. The number of esters is 2. The molecule has 2 aliphatic rings. The lowest BCUT2D eigenvalue weighted by molar-refractivity contribution is -0.153. The van der Waals surface area contributed by atoms with Crippen LogP contribution in [-0.2, 0) is 14.3 Å². The summed E-state index contributed by atoms with van der Waals surface area (Å²) in [7, 11) is 0. The number of allylic oxidation sites excluding steroid dienone is 1. The molecule has 3 nitrogen and oxygen atoms in total. The van der Waals surface area contributed by atoms with Gasteiger partial charge in [0.25, 0.3) is 0 Å². The fourth-order valence-electron chi connectivity index (χ4n) is 3.68. The van der Waals surface area contributed by atoms with Crippen LogP contribution in [0.4, 0.5) is 0 Å². The zero-order valence-electron chi connectivity index (χ0n) is 12.6. The Morgan fingerprint density at radius 3 is 2.04 bits per heavy atom. The summed E-state index contributed by atoms with van der Waals surface area (Å²) in [5.41, 5.74) is 4.19. The van der Waals surface area contributed by atoms with E-state index >= 15 is 0 Å². The SMILES string of the molecule is O=C1OC(=O)C2C(c3ccccc3)=C(c3ccccc3)CCC12. The largest absolute Gasteiger partial charge is 0.392 e. The first kappa shape index (κ1) is 13.9. The van der Waals surface area contributed by atoms with Crippen molar-refractivity contribution in [3.63, 3.8) is 0 Å². The Bertz CT molecular complexity index is 790. The molecule has 114 valence electrons. The van der Waals surface area contributed by atoms with Crippen LogP contribution in [0, 0.1) is 11.8 Å². The van der Waals surface area contributed by atoms with E-state index in [9.17, 15) is 9.59 Å². The Morgan fingerprint density at radius 2 is 1.39 bits per heavy atom. The van der Waals surface area contributed by atoms with Gasteiger partial charge in [0.1, 0.15) is 0 Å². The highest BCUT2D eigenvalue weighted by molar-refractivity contribution is 6.09. The monoisotopic (exact) mass is 304 g/mol. The Morgan fingerprint density at radius 1 is 0.783 bits per heavy atom. The van der Waals surface area contributed by atoms with Crippen LogP contribution in [0.2, 0.25) is 0 Å². The molecule has 3 heteroatoms.